The molecule has 0 aromatic heterocycles. The van der Waals surface area contributed by atoms with Crippen LogP contribution in [0.15, 0.2) is 30.3 Å². The molecule has 26 heavy (non-hydrogen) atoms. The molecule has 1 aromatic rings. The van der Waals surface area contributed by atoms with Crippen LogP contribution in [0.4, 0.5) is 0 Å². The summed E-state index contributed by atoms with van der Waals surface area (Å²) in [5, 5.41) is 8.78. The minimum absolute atomic E-state index is 0.00389. The zero-order valence-corrected chi connectivity index (χ0v) is 15.8. The molecule has 1 saturated heterocycles. The van der Waals surface area contributed by atoms with Crippen molar-refractivity contribution in [1.29, 1.82) is 0 Å². The lowest BCUT2D eigenvalue weighted by atomic mass is 9.93. The van der Waals surface area contributed by atoms with Crippen molar-refractivity contribution in [3.8, 4) is 0 Å². The van der Waals surface area contributed by atoms with E-state index in [1.54, 1.807) is 4.90 Å². The number of aryl methyl sites for hydroxylation is 1. The molecule has 6 nitrogen and oxygen atoms in total. The molecule has 0 spiro atoms. The van der Waals surface area contributed by atoms with Crippen molar-refractivity contribution in [2.24, 2.45) is 5.92 Å². The Morgan fingerprint density at radius 1 is 1.19 bits per heavy atom. The van der Waals surface area contributed by atoms with E-state index in [2.05, 4.69) is 0 Å². The second-order valence-electron chi connectivity index (χ2n) is 6.96. The van der Waals surface area contributed by atoms with Crippen molar-refractivity contribution in [3.63, 3.8) is 0 Å². The lowest BCUT2D eigenvalue weighted by Gasteiger charge is -2.32. The number of benzene rings is 1. The van der Waals surface area contributed by atoms with Crippen molar-refractivity contribution in [2.45, 2.75) is 38.5 Å². The van der Waals surface area contributed by atoms with E-state index >= 15 is 0 Å². The van der Waals surface area contributed by atoms with Gasteiger partial charge in [-0.15, -0.1) is 0 Å². The van der Waals surface area contributed by atoms with E-state index in [0.717, 1.165) is 18.4 Å². The van der Waals surface area contributed by atoms with Gasteiger partial charge in [0.25, 0.3) is 0 Å². The zero-order chi connectivity index (χ0) is 19.0. The molecular weight excluding hydrogens is 354 g/mol. The molecule has 1 N–H and O–H groups in total. The third-order valence-electron chi connectivity index (χ3n) is 4.75. The summed E-state index contributed by atoms with van der Waals surface area (Å²) in [6.45, 7) is 1.02. The first-order chi connectivity index (χ1) is 12.4. The predicted octanol–water partition coefficient (Wildman–Crippen LogP) is 2.14. The lowest BCUT2D eigenvalue weighted by molar-refractivity contribution is -0.137. The highest BCUT2D eigenvalue weighted by atomic mass is 32.2. The van der Waals surface area contributed by atoms with Gasteiger partial charge < -0.3 is 10.0 Å². The van der Waals surface area contributed by atoms with Crippen molar-refractivity contribution < 1.29 is 23.1 Å². The molecule has 1 heterocycles. The number of carboxylic acid groups (broad SMARTS) is 1. The van der Waals surface area contributed by atoms with E-state index in [4.69, 9.17) is 5.11 Å². The number of carbonyl (C=O) groups is 2. The minimum Gasteiger partial charge on any atom is -0.481 e. The number of amides is 1. The van der Waals surface area contributed by atoms with Gasteiger partial charge in [-0.25, -0.2) is 8.42 Å². The largest absolute Gasteiger partial charge is 0.481 e. The van der Waals surface area contributed by atoms with Gasteiger partial charge in [-0.1, -0.05) is 30.3 Å². The van der Waals surface area contributed by atoms with E-state index < -0.39 is 21.6 Å². The Kier molecular flexibility index (Phi) is 7.63. The maximum Gasteiger partial charge on any atom is 0.303 e. The Bertz CT molecular complexity index is 702. The molecule has 1 unspecified atom stereocenters. The molecule has 1 amide bonds. The monoisotopic (exact) mass is 381 g/mol. The molecule has 144 valence electrons. The topological polar surface area (TPSA) is 91.8 Å². The number of carboxylic acids is 1. The molecule has 0 radical (unpaired) electrons. The van der Waals surface area contributed by atoms with Gasteiger partial charge >= 0.3 is 5.97 Å². The molecule has 0 aliphatic carbocycles. The van der Waals surface area contributed by atoms with Gasteiger partial charge in [0.2, 0.25) is 5.91 Å². The molecular formula is C19H27NO5S. The Balaban J connectivity index is 1.78. The highest BCUT2D eigenvalue weighted by Crippen LogP contribution is 2.21. The second-order valence-corrected chi connectivity index (χ2v) is 9.15. The third kappa shape index (κ3) is 7.15. The van der Waals surface area contributed by atoms with Gasteiger partial charge in [-0.05, 0) is 43.6 Å². The maximum atomic E-state index is 12.4. The van der Waals surface area contributed by atoms with Gasteiger partial charge in [0.15, 0.2) is 9.84 Å². The number of hydrogen-bond acceptors (Lipinski definition) is 4. The number of sulfone groups is 1. The van der Waals surface area contributed by atoms with Crippen molar-refractivity contribution in [2.75, 3.05) is 24.6 Å². The fourth-order valence-corrected chi connectivity index (χ4v) is 4.63. The summed E-state index contributed by atoms with van der Waals surface area (Å²) in [4.78, 5) is 24.6. The number of nitrogens with zero attached hydrogens (tertiary/aromatic N) is 1. The van der Waals surface area contributed by atoms with Crippen LogP contribution in [0.5, 0.6) is 0 Å². The minimum atomic E-state index is -3.43. The second kappa shape index (κ2) is 9.71. The number of likely N-dealkylation sites (tertiary alicyclic amines) is 1. The van der Waals surface area contributed by atoms with Crippen molar-refractivity contribution in [3.05, 3.63) is 35.9 Å². The van der Waals surface area contributed by atoms with Gasteiger partial charge in [-0.2, -0.15) is 0 Å². The molecule has 7 heteroatoms. The maximum absolute atomic E-state index is 12.4. The third-order valence-corrected chi connectivity index (χ3v) is 6.34. The normalized spacial score (nSPS) is 17.8. The summed E-state index contributed by atoms with van der Waals surface area (Å²) in [6, 6.07) is 9.68. The van der Waals surface area contributed by atoms with Crippen LogP contribution in [-0.4, -0.2) is 54.9 Å². The SMILES string of the molecule is O=C(O)CCC1CCCN(C(=O)CS(=O)(=O)CCCc2ccccc2)C1. The summed E-state index contributed by atoms with van der Waals surface area (Å²) < 4.78 is 24.5. The van der Waals surface area contributed by atoms with Gasteiger partial charge in [-0.3, -0.25) is 9.59 Å². The molecule has 1 atom stereocenters. The first-order valence-electron chi connectivity index (χ1n) is 9.09. The molecule has 1 aromatic carbocycles. The van der Waals surface area contributed by atoms with Crippen LogP contribution in [-0.2, 0) is 25.8 Å². The van der Waals surface area contributed by atoms with Crippen LogP contribution in [0, 0.1) is 5.92 Å². The van der Waals surface area contributed by atoms with E-state index in [0.29, 0.717) is 32.4 Å². The van der Waals surface area contributed by atoms with Crippen LogP contribution in [0.1, 0.15) is 37.7 Å². The first kappa shape index (κ1) is 20.4. The standard InChI is InChI=1S/C19H27NO5S/c21-18(20-12-4-8-17(14-20)10-11-19(22)23)15-26(24,25)13-5-9-16-6-2-1-3-7-16/h1-3,6-7,17H,4-5,8-15H2,(H,22,23). The van der Waals surface area contributed by atoms with E-state index in [1.165, 1.54) is 0 Å². The predicted molar refractivity (Wildman–Crippen MR) is 99.6 cm³/mol. The number of rotatable bonds is 9. The van der Waals surface area contributed by atoms with Crippen molar-refractivity contribution in [1.82, 2.24) is 4.90 Å². The van der Waals surface area contributed by atoms with E-state index in [1.807, 2.05) is 30.3 Å². The van der Waals surface area contributed by atoms with Gasteiger partial charge in [0.1, 0.15) is 5.75 Å². The van der Waals surface area contributed by atoms with Crippen molar-refractivity contribution >= 4 is 21.7 Å². The number of aliphatic carboxylic acids is 1. The fourth-order valence-electron chi connectivity index (χ4n) is 3.35. The Hall–Kier alpha value is -1.89. The Morgan fingerprint density at radius 3 is 2.62 bits per heavy atom. The van der Waals surface area contributed by atoms with Crippen LogP contribution in [0.2, 0.25) is 0 Å². The lowest BCUT2D eigenvalue weighted by Crippen LogP contribution is -2.43. The molecule has 0 saturated carbocycles. The number of piperidine rings is 1. The fraction of sp³-hybridized carbons (Fsp3) is 0.579. The smallest absolute Gasteiger partial charge is 0.303 e. The van der Waals surface area contributed by atoms with Gasteiger partial charge in [0, 0.05) is 19.5 Å². The van der Waals surface area contributed by atoms with Gasteiger partial charge in [0.05, 0.1) is 5.75 Å². The highest BCUT2D eigenvalue weighted by Gasteiger charge is 2.27. The first-order valence-corrected chi connectivity index (χ1v) is 10.9. The highest BCUT2D eigenvalue weighted by molar-refractivity contribution is 7.92. The molecule has 2 rings (SSSR count). The summed E-state index contributed by atoms with van der Waals surface area (Å²) >= 11 is 0. The zero-order valence-electron chi connectivity index (χ0n) is 15.0. The van der Waals surface area contributed by atoms with E-state index in [9.17, 15) is 18.0 Å². The molecule has 1 aliphatic rings. The molecule has 1 fully saturated rings. The molecule has 0 bridgehead atoms. The average Bonchev–Trinajstić information content (AvgIpc) is 2.60. The quantitative estimate of drug-likeness (QED) is 0.707. The van der Waals surface area contributed by atoms with Crippen LogP contribution in [0.3, 0.4) is 0 Å². The van der Waals surface area contributed by atoms with Crippen LogP contribution >= 0.6 is 0 Å². The Morgan fingerprint density at radius 2 is 1.92 bits per heavy atom. The van der Waals surface area contributed by atoms with Crippen LogP contribution < -0.4 is 0 Å². The van der Waals surface area contributed by atoms with E-state index in [-0.39, 0.29) is 24.0 Å². The summed E-state index contributed by atoms with van der Waals surface area (Å²) in [5.41, 5.74) is 1.09. The number of carbonyl (C=O) groups excluding carboxylic acids is 1. The Labute approximate surface area is 155 Å². The number of hydrogen-bond donors (Lipinski definition) is 1. The summed E-state index contributed by atoms with van der Waals surface area (Å²) in [5.74, 6) is -1.50. The summed E-state index contributed by atoms with van der Waals surface area (Å²) in [6.07, 6.45) is 3.48. The molecule has 1 aliphatic heterocycles. The average molecular weight is 381 g/mol. The summed E-state index contributed by atoms with van der Waals surface area (Å²) in [7, 11) is -3.43. The van der Waals surface area contributed by atoms with Crippen LogP contribution in [0.25, 0.3) is 0 Å².